The number of aryl methyl sites for hydroxylation is 2. The van der Waals surface area contributed by atoms with Crippen molar-refractivity contribution in [3.63, 3.8) is 0 Å². The van der Waals surface area contributed by atoms with E-state index in [0.29, 0.717) is 24.1 Å². The van der Waals surface area contributed by atoms with Gasteiger partial charge in [-0.3, -0.25) is 4.79 Å². The van der Waals surface area contributed by atoms with Crippen molar-refractivity contribution >= 4 is 21.6 Å². The Morgan fingerprint density at radius 1 is 1.08 bits per heavy atom. The first-order valence-corrected chi connectivity index (χ1v) is 10.0. The average Bonchev–Trinajstić information content (AvgIpc) is 2.53. The van der Waals surface area contributed by atoms with E-state index in [1.165, 1.54) is 11.6 Å². The number of sulfonamides is 1. The Kier molecular flexibility index (Phi) is 5.88. The fraction of sp³-hybridized carbons (Fsp3) is 0.350. The van der Waals surface area contributed by atoms with Crippen molar-refractivity contribution in [3.8, 4) is 0 Å². The third-order valence-corrected chi connectivity index (χ3v) is 5.29. The molecular weight excluding hydrogens is 348 g/mol. The molecule has 0 radical (unpaired) electrons. The van der Waals surface area contributed by atoms with E-state index in [0.717, 1.165) is 5.56 Å². The van der Waals surface area contributed by atoms with Gasteiger partial charge in [-0.15, -0.1) is 0 Å². The Morgan fingerprint density at radius 2 is 1.69 bits per heavy atom. The number of nitrogens with two attached hydrogens (primary N) is 1. The number of carbonyl (C=O) groups is 1. The van der Waals surface area contributed by atoms with Gasteiger partial charge in [0.25, 0.3) is 0 Å². The number of anilines is 1. The molecule has 3 N–H and O–H groups in total. The smallest absolute Gasteiger partial charge is 0.238 e. The van der Waals surface area contributed by atoms with E-state index in [1.807, 2.05) is 12.1 Å². The Balaban J connectivity index is 1.99. The van der Waals surface area contributed by atoms with E-state index in [2.05, 4.69) is 38.2 Å². The SMILES string of the molecule is Cc1ccc(NC(=O)CCc2ccc(C(C)(C)C)cc2)cc1S(N)(=O)=O. The molecule has 6 heteroatoms. The highest BCUT2D eigenvalue weighted by Crippen LogP contribution is 2.23. The summed E-state index contributed by atoms with van der Waals surface area (Å²) in [7, 11) is -3.81. The maximum Gasteiger partial charge on any atom is 0.238 e. The molecule has 0 aliphatic heterocycles. The molecule has 0 heterocycles. The lowest BCUT2D eigenvalue weighted by molar-refractivity contribution is -0.116. The zero-order chi connectivity index (χ0) is 19.5. The molecule has 26 heavy (non-hydrogen) atoms. The highest BCUT2D eigenvalue weighted by Gasteiger charge is 2.14. The first-order chi connectivity index (χ1) is 12.0. The molecule has 0 saturated carbocycles. The van der Waals surface area contributed by atoms with Gasteiger partial charge in [-0.1, -0.05) is 51.1 Å². The first-order valence-electron chi connectivity index (χ1n) is 8.49. The second kappa shape index (κ2) is 7.60. The lowest BCUT2D eigenvalue weighted by atomic mass is 9.86. The molecule has 0 atom stereocenters. The van der Waals surface area contributed by atoms with E-state index in [1.54, 1.807) is 19.1 Å². The zero-order valence-corrected chi connectivity index (χ0v) is 16.5. The third-order valence-electron chi connectivity index (χ3n) is 4.24. The van der Waals surface area contributed by atoms with Crippen LogP contribution in [-0.2, 0) is 26.7 Å². The minimum Gasteiger partial charge on any atom is -0.326 e. The van der Waals surface area contributed by atoms with Gasteiger partial charge in [0.05, 0.1) is 4.90 Å². The quantitative estimate of drug-likeness (QED) is 0.839. The number of carbonyl (C=O) groups excluding carboxylic acids is 1. The zero-order valence-electron chi connectivity index (χ0n) is 15.7. The van der Waals surface area contributed by atoms with Crippen molar-refractivity contribution in [1.29, 1.82) is 0 Å². The predicted molar refractivity (Wildman–Crippen MR) is 105 cm³/mol. The summed E-state index contributed by atoms with van der Waals surface area (Å²) in [5.41, 5.74) is 3.41. The van der Waals surface area contributed by atoms with Gasteiger partial charge in [0.15, 0.2) is 0 Å². The van der Waals surface area contributed by atoms with Crippen molar-refractivity contribution in [2.75, 3.05) is 5.32 Å². The second-order valence-corrected chi connectivity index (χ2v) is 9.05. The summed E-state index contributed by atoms with van der Waals surface area (Å²) >= 11 is 0. The third kappa shape index (κ3) is 5.41. The second-order valence-electron chi connectivity index (χ2n) is 7.52. The van der Waals surface area contributed by atoms with Gasteiger partial charge in [0.2, 0.25) is 15.9 Å². The van der Waals surface area contributed by atoms with Crippen LogP contribution >= 0.6 is 0 Å². The molecule has 2 aromatic carbocycles. The normalized spacial score (nSPS) is 12.0. The number of hydrogen-bond donors (Lipinski definition) is 2. The van der Waals surface area contributed by atoms with Gasteiger partial charge in [0.1, 0.15) is 0 Å². The molecular formula is C20H26N2O3S. The van der Waals surface area contributed by atoms with Crippen LogP contribution in [0.15, 0.2) is 47.4 Å². The van der Waals surface area contributed by atoms with Crippen LogP contribution in [0, 0.1) is 6.92 Å². The molecule has 0 aliphatic carbocycles. The molecule has 0 aromatic heterocycles. The number of amides is 1. The number of nitrogens with one attached hydrogen (secondary N) is 1. The van der Waals surface area contributed by atoms with Crippen LogP contribution in [0.5, 0.6) is 0 Å². The van der Waals surface area contributed by atoms with Crippen molar-refractivity contribution in [1.82, 2.24) is 0 Å². The van der Waals surface area contributed by atoms with Crippen LogP contribution in [0.3, 0.4) is 0 Å². The summed E-state index contributed by atoms with van der Waals surface area (Å²) in [5.74, 6) is -0.172. The van der Waals surface area contributed by atoms with Gasteiger partial charge in [-0.05, 0) is 47.6 Å². The Labute approximate surface area is 155 Å². The molecule has 0 spiro atoms. The van der Waals surface area contributed by atoms with Gasteiger partial charge < -0.3 is 5.32 Å². The van der Waals surface area contributed by atoms with Gasteiger partial charge >= 0.3 is 0 Å². The van der Waals surface area contributed by atoms with Crippen molar-refractivity contribution < 1.29 is 13.2 Å². The summed E-state index contributed by atoms with van der Waals surface area (Å²) in [5, 5.41) is 7.92. The van der Waals surface area contributed by atoms with E-state index < -0.39 is 10.0 Å². The van der Waals surface area contributed by atoms with E-state index in [4.69, 9.17) is 5.14 Å². The van der Waals surface area contributed by atoms with Crippen LogP contribution < -0.4 is 10.5 Å². The summed E-state index contributed by atoms with van der Waals surface area (Å²) in [4.78, 5) is 12.2. The maximum atomic E-state index is 12.2. The topological polar surface area (TPSA) is 89.3 Å². The van der Waals surface area contributed by atoms with E-state index >= 15 is 0 Å². The lowest BCUT2D eigenvalue weighted by Gasteiger charge is -2.19. The van der Waals surface area contributed by atoms with E-state index in [9.17, 15) is 13.2 Å². The summed E-state index contributed by atoms with van der Waals surface area (Å²) in [6, 6.07) is 12.9. The Bertz CT molecular complexity index is 896. The maximum absolute atomic E-state index is 12.2. The number of hydrogen-bond acceptors (Lipinski definition) is 3. The molecule has 0 aliphatic rings. The standard InChI is InChI=1S/C20H26N2O3S/c1-14-5-11-17(13-18(14)26(21,24)25)22-19(23)12-8-15-6-9-16(10-7-15)20(2,3)4/h5-7,9-11,13H,8,12H2,1-4H3,(H,22,23)(H2,21,24,25). The minimum absolute atomic E-state index is 0.0214. The Morgan fingerprint density at radius 3 is 2.23 bits per heavy atom. The van der Waals surface area contributed by atoms with Gasteiger partial charge in [0, 0.05) is 12.1 Å². The number of rotatable bonds is 5. The van der Waals surface area contributed by atoms with Crippen LogP contribution in [-0.4, -0.2) is 14.3 Å². The summed E-state index contributed by atoms with van der Waals surface area (Å²) in [6.45, 7) is 8.14. The van der Waals surface area contributed by atoms with Crippen LogP contribution in [0.25, 0.3) is 0 Å². The monoisotopic (exact) mass is 374 g/mol. The van der Waals surface area contributed by atoms with Gasteiger partial charge in [-0.25, -0.2) is 13.6 Å². The highest BCUT2D eigenvalue weighted by atomic mass is 32.2. The number of benzene rings is 2. The first kappa shape index (κ1) is 20.1. The van der Waals surface area contributed by atoms with Crippen LogP contribution in [0.2, 0.25) is 0 Å². The highest BCUT2D eigenvalue weighted by molar-refractivity contribution is 7.89. The predicted octanol–water partition coefficient (Wildman–Crippen LogP) is 3.51. The van der Waals surface area contributed by atoms with Gasteiger partial charge in [-0.2, -0.15) is 0 Å². The van der Waals surface area contributed by atoms with Crippen molar-refractivity contribution in [2.24, 2.45) is 5.14 Å². The summed E-state index contributed by atoms with van der Waals surface area (Å²) in [6.07, 6.45) is 0.928. The van der Waals surface area contributed by atoms with Crippen molar-refractivity contribution in [3.05, 3.63) is 59.2 Å². The average molecular weight is 375 g/mol. The number of primary sulfonamides is 1. The fourth-order valence-corrected chi connectivity index (χ4v) is 3.45. The summed E-state index contributed by atoms with van der Waals surface area (Å²) < 4.78 is 23.1. The molecule has 2 aromatic rings. The molecule has 5 nitrogen and oxygen atoms in total. The fourth-order valence-electron chi connectivity index (χ4n) is 2.64. The lowest BCUT2D eigenvalue weighted by Crippen LogP contribution is -2.16. The van der Waals surface area contributed by atoms with Crippen LogP contribution in [0.4, 0.5) is 5.69 Å². The largest absolute Gasteiger partial charge is 0.326 e. The molecule has 0 unspecified atom stereocenters. The molecule has 0 fully saturated rings. The molecule has 140 valence electrons. The molecule has 0 saturated heterocycles. The van der Waals surface area contributed by atoms with Crippen LogP contribution in [0.1, 0.15) is 43.9 Å². The molecule has 0 bridgehead atoms. The van der Waals surface area contributed by atoms with Crippen molar-refractivity contribution in [2.45, 2.75) is 50.8 Å². The Hall–Kier alpha value is -2.18. The van der Waals surface area contributed by atoms with E-state index in [-0.39, 0.29) is 16.2 Å². The molecule has 2 rings (SSSR count). The minimum atomic E-state index is -3.81. The molecule has 1 amide bonds.